The Morgan fingerprint density at radius 3 is 2.55 bits per heavy atom. The van der Waals surface area contributed by atoms with E-state index in [4.69, 9.17) is 0 Å². The predicted octanol–water partition coefficient (Wildman–Crippen LogP) is 4.53. The highest BCUT2D eigenvalue weighted by Crippen LogP contribution is 2.26. The number of anilines is 1. The zero-order valence-electron chi connectivity index (χ0n) is 11.4. The number of carbonyl (C=O) groups is 1. The molecule has 0 aromatic heterocycles. The summed E-state index contributed by atoms with van der Waals surface area (Å²) in [4.78, 5) is 12.2. The lowest BCUT2D eigenvalue weighted by Gasteiger charge is -2.14. The minimum absolute atomic E-state index is 0.0427. The molecule has 0 bridgehead atoms. The molecule has 0 spiro atoms. The molecule has 0 aliphatic carbocycles. The number of nitrogens with one attached hydrogen (secondary N) is 1. The van der Waals surface area contributed by atoms with Crippen LogP contribution in [0.5, 0.6) is 5.75 Å². The van der Waals surface area contributed by atoms with Gasteiger partial charge in [-0.3, -0.25) is 4.79 Å². The third-order valence-corrected chi connectivity index (χ3v) is 3.53. The van der Waals surface area contributed by atoms with Crippen LogP contribution in [-0.4, -0.2) is 11.0 Å². The van der Waals surface area contributed by atoms with Crippen LogP contribution in [0, 0.1) is 0 Å². The van der Waals surface area contributed by atoms with Gasteiger partial charge >= 0.3 is 0 Å². The molecule has 0 atom stereocenters. The highest BCUT2D eigenvalue weighted by Gasteiger charge is 2.14. The fraction of sp³-hybridized carbons (Fsp3) is 0.188. The van der Waals surface area contributed by atoms with E-state index in [0.717, 1.165) is 15.7 Å². The number of halogens is 1. The summed E-state index contributed by atoms with van der Waals surface area (Å²) in [7, 11) is 0. The second-order valence-corrected chi connectivity index (χ2v) is 5.77. The first-order chi connectivity index (χ1) is 9.49. The van der Waals surface area contributed by atoms with E-state index in [1.807, 2.05) is 24.3 Å². The van der Waals surface area contributed by atoms with Crippen LogP contribution in [0.2, 0.25) is 0 Å². The highest BCUT2D eigenvalue weighted by atomic mass is 79.9. The van der Waals surface area contributed by atoms with Crippen LogP contribution < -0.4 is 5.32 Å². The minimum atomic E-state index is -0.317. The van der Waals surface area contributed by atoms with E-state index in [1.54, 1.807) is 12.1 Å². The summed E-state index contributed by atoms with van der Waals surface area (Å²) in [5, 5.41) is 12.7. The molecule has 2 rings (SSSR count). The van der Waals surface area contributed by atoms with E-state index < -0.39 is 0 Å². The quantitative estimate of drug-likeness (QED) is 0.866. The first-order valence-corrected chi connectivity index (χ1v) is 7.17. The van der Waals surface area contributed by atoms with Gasteiger partial charge in [0.15, 0.2) is 0 Å². The Kier molecular flexibility index (Phi) is 4.45. The van der Waals surface area contributed by atoms with E-state index in [9.17, 15) is 9.90 Å². The van der Waals surface area contributed by atoms with Crippen LogP contribution >= 0.6 is 15.9 Å². The Morgan fingerprint density at radius 2 is 1.90 bits per heavy atom. The molecule has 20 heavy (non-hydrogen) atoms. The second kappa shape index (κ2) is 6.09. The van der Waals surface area contributed by atoms with Crippen LogP contribution in [-0.2, 0) is 0 Å². The van der Waals surface area contributed by atoms with Crippen molar-refractivity contribution in [1.82, 2.24) is 0 Å². The summed E-state index contributed by atoms with van der Waals surface area (Å²) in [6.45, 7) is 4.14. The predicted molar refractivity (Wildman–Crippen MR) is 84.3 cm³/mol. The van der Waals surface area contributed by atoms with Gasteiger partial charge in [0, 0.05) is 10.2 Å². The molecule has 0 radical (unpaired) electrons. The van der Waals surface area contributed by atoms with E-state index in [-0.39, 0.29) is 17.2 Å². The number of phenols is 1. The van der Waals surface area contributed by atoms with Gasteiger partial charge in [0.2, 0.25) is 0 Å². The highest BCUT2D eigenvalue weighted by molar-refractivity contribution is 9.10. The van der Waals surface area contributed by atoms with Crippen LogP contribution in [0.25, 0.3) is 0 Å². The summed E-state index contributed by atoms with van der Waals surface area (Å²) < 4.78 is 0.731. The third-order valence-electron chi connectivity index (χ3n) is 3.04. The lowest BCUT2D eigenvalue weighted by Crippen LogP contribution is -2.13. The molecule has 0 heterocycles. The first-order valence-electron chi connectivity index (χ1n) is 6.38. The van der Waals surface area contributed by atoms with E-state index in [0.29, 0.717) is 5.92 Å². The Morgan fingerprint density at radius 1 is 1.20 bits per heavy atom. The SMILES string of the molecule is CC(C)c1ccccc1NC(=O)c1ccc(Br)cc1O. The largest absolute Gasteiger partial charge is 0.507 e. The topological polar surface area (TPSA) is 49.3 Å². The monoisotopic (exact) mass is 333 g/mol. The summed E-state index contributed by atoms with van der Waals surface area (Å²) in [6.07, 6.45) is 0. The summed E-state index contributed by atoms with van der Waals surface area (Å²) in [5.41, 5.74) is 2.10. The van der Waals surface area contributed by atoms with Crippen LogP contribution in [0.15, 0.2) is 46.9 Å². The van der Waals surface area contributed by atoms with Crippen molar-refractivity contribution in [2.75, 3.05) is 5.32 Å². The Hall–Kier alpha value is -1.81. The molecular formula is C16H16BrNO2. The number of phenolic OH excluding ortho intramolecular Hbond substituents is 1. The Bertz CT molecular complexity index is 638. The van der Waals surface area contributed by atoms with E-state index in [1.165, 1.54) is 6.07 Å². The number of para-hydroxylation sites is 1. The molecule has 0 aliphatic heterocycles. The Labute approximate surface area is 126 Å². The van der Waals surface area contributed by atoms with Crippen molar-refractivity contribution >= 4 is 27.5 Å². The zero-order valence-corrected chi connectivity index (χ0v) is 12.9. The van der Waals surface area contributed by atoms with Gasteiger partial charge in [-0.15, -0.1) is 0 Å². The van der Waals surface area contributed by atoms with Crippen LogP contribution in [0.3, 0.4) is 0 Å². The van der Waals surface area contributed by atoms with Gasteiger partial charge in [0.1, 0.15) is 5.75 Å². The smallest absolute Gasteiger partial charge is 0.259 e. The van der Waals surface area contributed by atoms with Gasteiger partial charge < -0.3 is 10.4 Å². The maximum absolute atomic E-state index is 12.2. The number of hydrogen-bond acceptors (Lipinski definition) is 2. The van der Waals surface area contributed by atoms with Crippen molar-refractivity contribution < 1.29 is 9.90 Å². The summed E-state index contributed by atoms with van der Waals surface area (Å²) >= 11 is 3.25. The minimum Gasteiger partial charge on any atom is -0.507 e. The molecule has 0 saturated carbocycles. The molecule has 0 fully saturated rings. The average molecular weight is 334 g/mol. The summed E-state index contributed by atoms with van der Waals surface area (Å²) in [6, 6.07) is 12.5. The van der Waals surface area contributed by atoms with Gasteiger partial charge in [-0.2, -0.15) is 0 Å². The molecule has 0 saturated heterocycles. The first kappa shape index (κ1) is 14.6. The molecule has 4 heteroatoms. The van der Waals surface area contributed by atoms with Gasteiger partial charge in [-0.05, 0) is 35.7 Å². The maximum atomic E-state index is 12.2. The molecule has 0 aliphatic rings. The molecule has 0 unspecified atom stereocenters. The molecule has 2 N–H and O–H groups in total. The zero-order chi connectivity index (χ0) is 14.7. The molecule has 1 amide bonds. The van der Waals surface area contributed by atoms with Crippen molar-refractivity contribution in [3.8, 4) is 5.75 Å². The van der Waals surface area contributed by atoms with Crippen LogP contribution in [0.1, 0.15) is 35.7 Å². The standard InChI is InChI=1S/C16H16BrNO2/c1-10(2)12-5-3-4-6-14(12)18-16(20)13-8-7-11(17)9-15(13)19/h3-10,19H,1-2H3,(H,18,20). The van der Waals surface area contributed by atoms with Crippen molar-refractivity contribution in [1.29, 1.82) is 0 Å². The van der Waals surface area contributed by atoms with Gasteiger partial charge in [-0.25, -0.2) is 0 Å². The van der Waals surface area contributed by atoms with E-state index in [2.05, 4.69) is 35.1 Å². The van der Waals surface area contributed by atoms with Crippen molar-refractivity contribution in [2.45, 2.75) is 19.8 Å². The lowest BCUT2D eigenvalue weighted by atomic mass is 10.0. The van der Waals surface area contributed by atoms with E-state index >= 15 is 0 Å². The number of carbonyl (C=O) groups excluding carboxylic acids is 1. The number of rotatable bonds is 3. The second-order valence-electron chi connectivity index (χ2n) is 4.86. The normalized spacial score (nSPS) is 10.6. The van der Waals surface area contributed by atoms with Crippen molar-refractivity contribution in [3.63, 3.8) is 0 Å². The number of amides is 1. The van der Waals surface area contributed by atoms with Crippen molar-refractivity contribution in [2.24, 2.45) is 0 Å². The molecular weight excluding hydrogens is 318 g/mol. The van der Waals surface area contributed by atoms with Crippen LogP contribution in [0.4, 0.5) is 5.69 Å². The number of aromatic hydroxyl groups is 1. The molecule has 2 aromatic carbocycles. The fourth-order valence-corrected chi connectivity index (χ4v) is 2.35. The van der Waals surface area contributed by atoms with Gasteiger partial charge in [0.05, 0.1) is 5.56 Å². The number of hydrogen-bond donors (Lipinski definition) is 2. The number of benzene rings is 2. The fourth-order valence-electron chi connectivity index (χ4n) is 2.00. The van der Waals surface area contributed by atoms with Crippen molar-refractivity contribution in [3.05, 3.63) is 58.1 Å². The lowest BCUT2D eigenvalue weighted by molar-refractivity contribution is 0.102. The average Bonchev–Trinajstić information content (AvgIpc) is 2.38. The third kappa shape index (κ3) is 3.20. The molecule has 104 valence electrons. The van der Waals surface area contributed by atoms with Gasteiger partial charge in [-0.1, -0.05) is 48.0 Å². The van der Waals surface area contributed by atoms with Gasteiger partial charge in [0.25, 0.3) is 5.91 Å². The Balaban J connectivity index is 2.28. The summed E-state index contributed by atoms with van der Waals surface area (Å²) in [5.74, 6) is -0.0491. The molecule has 2 aromatic rings. The maximum Gasteiger partial charge on any atom is 0.259 e. The molecule has 3 nitrogen and oxygen atoms in total.